The third-order valence-corrected chi connectivity index (χ3v) is 4.59. The van der Waals surface area contributed by atoms with Gasteiger partial charge in [-0.05, 0) is 24.3 Å². The number of hydrogen-bond acceptors (Lipinski definition) is 4. The molecule has 4 amide bonds. The maximum absolute atomic E-state index is 13.1. The van der Waals surface area contributed by atoms with E-state index in [1.54, 1.807) is 5.48 Å². The van der Waals surface area contributed by atoms with E-state index < -0.39 is 17.5 Å². The number of nitrogens with one attached hydrogen (secondary N) is 1. The van der Waals surface area contributed by atoms with Gasteiger partial charge in [-0.1, -0.05) is 44.2 Å². The molecule has 7 heteroatoms. The van der Waals surface area contributed by atoms with Crippen molar-refractivity contribution in [2.24, 2.45) is 5.92 Å². The molecule has 2 rings (SSSR count). The molecule has 7 nitrogen and oxygen atoms in total. The quantitative estimate of drug-likeness (QED) is 0.447. The highest BCUT2D eigenvalue weighted by atomic mass is 16.5. The summed E-state index contributed by atoms with van der Waals surface area (Å²) in [6.45, 7) is 4.11. The van der Waals surface area contributed by atoms with E-state index in [1.165, 1.54) is 16.8 Å². The van der Waals surface area contributed by atoms with Crippen molar-refractivity contribution in [3.63, 3.8) is 0 Å². The number of amides is 4. The molecule has 0 radical (unpaired) electrons. The highest BCUT2D eigenvalue weighted by Gasteiger charge is 2.56. The van der Waals surface area contributed by atoms with E-state index in [2.05, 4.69) is 0 Å². The van der Waals surface area contributed by atoms with Crippen LogP contribution < -0.4 is 5.48 Å². The molecule has 1 aliphatic heterocycles. The lowest BCUT2D eigenvalue weighted by Crippen LogP contribution is -2.51. The Kier molecular flexibility index (Phi) is 5.79. The Bertz CT molecular complexity index is 647. The summed E-state index contributed by atoms with van der Waals surface area (Å²) < 4.78 is 0. The first-order valence-electron chi connectivity index (χ1n) is 8.38. The molecule has 1 saturated heterocycles. The molecular weight excluding hydrogens is 322 g/mol. The fourth-order valence-electron chi connectivity index (χ4n) is 3.40. The van der Waals surface area contributed by atoms with Crippen LogP contribution in [0.1, 0.15) is 32.3 Å². The molecule has 0 saturated carbocycles. The minimum atomic E-state index is -1.26. The smallest absolute Gasteiger partial charge is 0.312 e. The molecule has 1 fully saturated rings. The van der Waals surface area contributed by atoms with Gasteiger partial charge in [0.25, 0.3) is 5.91 Å². The number of hydrogen-bond donors (Lipinski definition) is 2. The molecule has 0 spiro atoms. The number of imide groups is 1. The van der Waals surface area contributed by atoms with E-state index in [0.29, 0.717) is 12.8 Å². The van der Waals surface area contributed by atoms with Crippen molar-refractivity contribution in [2.45, 2.75) is 38.6 Å². The molecule has 0 aromatic heterocycles. The molecule has 136 valence electrons. The summed E-state index contributed by atoms with van der Waals surface area (Å²) in [5.41, 5.74) is 1.34. The molecule has 0 bridgehead atoms. The zero-order chi connectivity index (χ0) is 18.6. The van der Waals surface area contributed by atoms with E-state index in [0.717, 1.165) is 5.56 Å². The van der Waals surface area contributed by atoms with Crippen molar-refractivity contribution in [2.75, 3.05) is 13.6 Å². The summed E-state index contributed by atoms with van der Waals surface area (Å²) in [5.74, 6) is -0.966. The summed E-state index contributed by atoms with van der Waals surface area (Å²) in [4.78, 5) is 40.0. The Labute approximate surface area is 147 Å². The molecule has 1 heterocycles. The second kappa shape index (κ2) is 7.65. The van der Waals surface area contributed by atoms with Crippen LogP contribution in [0.5, 0.6) is 0 Å². The summed E-state index contributed by atoms with van der Waals surface area (Å²) in [6, 6.07) is 9.19. The predicted molar refractivity (Wildman–Crippen MR) is 91.8 cm³/mol. The van der Waals surface area contributed by atoms with Gasteiger partial charge in [0.05, 0.1) is 6.42 Å². The lowest BCUT2D eigenvalue weighted by molar-refractivity contribution is -0.141. The first-order chi connectivity index (χ1) is 11.8. The van der Waals surface area contributed by atoms with Gasteiger partial charge in [0.2, 0.25) is 5.91 Å². The Hall–Kier alpha value is -2.41. The van der Waals surface area contributed by atoms with Crippen molar-refractivity contribution in [3.8, 4) is 0 Å². The van der Waals surface area contributed by atoms with Gasteiger partial charge in [0, 0.05) is 13.6 Å². The molecule has 1 aromatic rings. The van der Waals surface area contributed by atoms with Crippen molar-refractivity contribution >= 4 is 17.8 Å². The zero-order valence-corrected chi connectivity index (χ0v) is 14.9. The van der Waals surface area contributed by atoms with E-state index in [-0.39, 0.29) is 24.8 Å². The SMILES string of the molecule is CC(C)CC1(CC(=O)NO)C(=O)N(CCc2ccccc2)C(=O)N1C. The second-order valence-electron chi connectivity index (χ2n) is 6.88. The average molecular weight is 347 g/mol. The first-order valence-corrected chi connectivity index (χ1v) is 8.38. The van der Waals surface area contributed by atoms with Crippen molar-refractivity contribution in [3.05, 3.63) is 35.9 Å². The van der Waals surface area contributed by atoms with E-state index in [9.17, 15) is 14.4 Å². The predicted octanol–water partition coefficient (Wildman–Crippen LogP) is 1.80. The molecule has 25 heavy (non-hydrogen) atoms. The largest absolute Gasteiger partial charge is 0.327 e. The van der Waals surface area contributed by atoms with Crippen molar-refractivity contribution in [1.29, 1.82) is 0 Å². The highest BCUT2D eigenvalue weighted by molar-refractivity contribution is 6.08. The monoisotopic (exact) mass is 347 g/mol. The fraction of sp³-hybridized carbons (Fsp3) is 0.500. The molecule has 1 aromatic carbocycles. The van der Waals surface area contributed by atoms with Crippen LogP contribution >= 0.6 is 0 Å². The van der Waals surface area contributed by atoms with Crippen LogP contribution in [0.25, 0.3) is 0 Å². The van der Waals surface area contributed by atoms with Crippen LogP contribution in [0.15, 0.2) is 30.3 Å². The zero-order valence-electron chi connectivity index (χ0n) is 14.9. The Balaban J connectivity index is 2.24. The molecular formula is C18H25N3O4. The summed E-state index contributed by atoms with van der Waals surface area (Å²) in [5, 5.41) is 8.87. The van der Waals surface area contributed by atoms with Gasteiger partial charge in [-0.3, -0.25) is 19.7 Å². The van der Waals surface area contributed by atoms with Gasteiger partial charge in [-0.15, -0.1) is 0 Å². The number of rotatable bonds is 7. The van der Waals surface area contributed by atoms with Crippen LogP contribution in [0.3, 0.4) is 0 Å². The van der Waals surface area contributed by atoms with Gasteiger partial charge < -0.3 is 4.90 Å². The average Bonchev–Trinajstić information content (AvgIpc) is 2.75. The van der Waals surface area contributed by atoms with Gasteiger partial charge in [0.1, 0.15) is 5.54 Å². The maximum Gasteiger partial charge on any atom is 0.327 e. The lowest BCUT2D eigenvalue weighted by atomic mass is 9.84. The van der Waals surface area contributed by atoms with Crippen LogP contribution in [0.4, 0.5) is 4.79 Å². The summed E-state index contributed by atoms with van der Waals surface area (Å²) in [7, 11) is 1.54. The van der Waals surface area contributed by atoms with Crippen LogP contribution in [-0.2, 0) is 16.0 Å². The Morgan fingerprint density at radius 1 is 1.24 bits per heavy atom. The van der Waals surface area contributed by atoms with Crippen LogP contribution in [0, 0.1) is 5.92 Å². The van der Waals surface area contributed by atoms with Crippen LogP contribution in [0.2, 0.25) is 0 Å². The number of hydroxylamine groups is 1. The standard InChI is InChI=1S/C18H25N3O4/c1-13(2)11-18(12-15(22)19-25)16(23)21(17(24)20(18)3)10-9-14-7-5-4-6-8-14/h4-8,13,25H,9-12H2,1-3H3,(H,19,22). The third kappa shape index (κ3) is 3.82. The topological polar surface area (TPSA) is 90.0 Å². The third-order valence-electron chi connectivity index (χ3n) is 4.59. The number of carbonyl (C=O) groups excluding carboxylic acids is 3. The number of benzene rings is 1. The Morgan fingerprint density at radius 3 is 2.44 bits per heavy atom. The molecule has 2 N–H and O–H groups in total. The van der Waals surface area contributed by atoms with Crippen molar-refractivity contribution in [1.82, 2.24) is 15.3 Å². The minimum Gasteiger partial charge on any atom is -0.312 e. The van der Waals surface area contributed by atoms with Gasteiger partial charge >= 0.3 is 6.03 Å². The molecule has 1 aliphatic rings. The number of likely N-dealkylation sites (N-methyl/N-ethyl adjacent to an activating group) is 1. The maximum atomic E-state index is 13.1. The van der Waals surface area contributed by atoms with E-state index >= 15 is 0 Å². The van der Waals surface area contributed by atoms with Gasteiger partial charge in [0.15, 0.2) is 0 Å². The lowest BCUT2D eigenvalue weighted by Gasteiger charge is -2.33. The molecule has 1 atom stereocenters. The second-order valence-corrected chi connectivity index (χ2v) is 6.88. The highest BCUT2D eigenvalue weighted by Crippen LogP contribution is 2.35. The Morgan fingerprint density at radius 2 is 1.88 bits per heavy atom. The first kappa shape index (κ1) is 18.9. The normalized spacial score (nSPS) is 20.5. The summed E-state index contributed by atoms with van der Waals surface area (Å²) in [6.07, 6.45) is 0.643. The number of carbonyl (C=O) groups is 3. The van der Waals surface area contributed by atoms with Gasteiger partial charge in [-0.25, -0.2) is 10.3 Å². The molecule has 0 aliphatic carbocycles. The van der Waals surface area contributed by atoms with Crippen LogP contribution in [-0.4, -0.2) is 52.0 Å². The molecule has 1 unspecified atom stereocenters. The fourth-order valence-corrected chi connectivity index (χ4v) is 3.40. The number of urea groups is 1. The summed E-state index contributed by atoms with van der Waals surface area (Å²) >= 11 is 0. The van der Waals surface area contributed by atoms with E-state index in [4.69, 9.17) is 5.21 Å². The minimum absolute atomic E-state index is 0.0970. The number of nitrogens with zero attached hydrogens (tertiary/aromatic N) is 2. The van der Waals surface area contributed by atoms with E-state index in [1.807, 2.05) is 44.2 Å². The van der Waals surface area contributed by atoms with Gasteiger partial charge in [-0.2, -0.15) is 0 Å². The van der Waals surface area contributed by atoms with Crippen molar-refractivity contribution < 1.29 is 19.6 Å².